The standard InChI is InChI=1S/C26H20F2N2O4/c27-21-7-4-8-22(28)24(21)33-25(31)23-15-32-26(34-23,16-30-14-13-29-17-30)20-11-9-19(10-12-20)18-5-2-1-3-6-18/h1-14,17,23H,15-16H2/t23-,26-/m0/s1. The van der Waals surface area contributed by atoms with Gasteiger partial charge in [-0.25, -0.2) is 18.6 Å². The first-order valence-electron chi connectivity index (χ1n) is 10.6. The van der Waals surface area contributed by atoms with E-state index in [9.17, 15) is 13.6 Å². The van der Waals surface area contributed by atoms with Crippen molar-refractivity contribution in [3.05, 3.63) is 109 Å². The van der Waals surface area contributed by atoms with Crippen molar-refractivity contribution >= 4 is 5.97 Å². The first-order chi connectivity index (χ1) is 16.5. The zero-order valence-electron chi connectivity index (χ0n) is 17.9. The highest BCUT2D eigenvalue weighted by atomic mass is 19.1. The number of nitrogens with zero attached hydrogens (tertiary/aromatic N) is 2. The summed E-state index contributed by atoms with van der Waals surface area (Å²) in [5, 5.41) is 0. The molecule has 1 fully saturated rings. The molecule has 4 aromatic rings. The van der Waals surface area contributed by atoms with Gasteiger partial charge in [-0.05, 0) is 23.3 Å². The Kier molecular flexibility index (Phi) is 5.91. The second kappa shape index (κ2) is 9.17. The Morgan fingerprint density at radius 2 is 1.71 bits per heavy atom. The number of halogens is 2. The summed E-state index contributed by atoms with van der Waals surface area (Å²) in [5.74, 6) is -5.00. The predicted octanol–water partition coefficient (Wildman–Crippen LogP) is 4.70. The molecule has 172 valence electrons. The summed E-state index contributed by atoms with van der Waals surface area (Å²) in [5.41, 5.74) is 2.73. The monoisotopic (exact) mass is 462 g/mol. The molecule has 8 heteroatoms. The van der Waals surface area contributed by atoms with Gasteiger partial charge in [-0.3, -0.25) is 0 Å². The summed E-state index contributed by atoms with van der Waals surface area (Å²) in [7, 11) is 0. The maximum atomic E-state index is 13.9. The van der Waals surface area contributed by atoms with Gasteiger partial charge >= 0.3 is 5.97 Å². The van der Waals surface area contributed by atoms with E-state index in [0.29, 0.717) is 5.56 Å². The van der Waals surface area contributed by atoms with Crippen LogP contribution in [0.4, 0.5) is 8.78 Å². The van der Waals surface area contributed by atoms with Gasteiger partial charge in [-0.15, -0.1) is 0 Å². The van der Waals surface area contributed by atoms with Gasteiger partial charge in [0.2, 0.25) is 11.5 Å². The molecule has 0 spiro atoms. The largest absolute Gasteiger partial charge is 0.418 e. The number of imidazole rings is 1. The van der Waals surface area contributed by atoms with Crippen molar-refractivity contribution in [1.82, 2.24) is 9.55 Å². The van der Waals surface area contributed by atoms with Crippen LogP contribution in [0.1, 0.15) is 5.56 Å². The van der Waals surface area contributed by atoms with Gasteiger partial charge in [0.1, 0.15) is 0 Å². The fourth-order valence-electron chi connectivity index (χ4n) is 3.86. The minimum absolute atomic E-state index is 0.149. The lowest BCUT2D eigenvalue weighted by Gasteiger charge is -2.29. The molecule has 1 aliphatic heterocycles. The summed E-state index contributed by atoms with van der Waals surface area (Å²) < 4.78 is 46.7. The molecule has 3 aromatic carbocycles. The van der Waals surface area contributed by atoms with Crippen LogP contribution in [0, 0.1) is 11.6 Å². The molecular formula is C26H20F2N2O4. The van der Waals surface area contributed by atoms with Crippen molar-refractivity contribution in [2.24, 2.45) is 0 Å². The summed E-state index contributed by atoms with van der Waals surface area (Å²) in [6.45, 7) is 0.0551. The van der Waals surface area contributed by atoms with Gasteiger partial charge in [0.15, 0.2) is 17.7 Å². The molecule has 1 aliphatic rings. The van der Waals surface area contributed by atoms with Crippen LogP contribution in [0.2, 0.25) is 0 Å². The molecule has 2 atom stereocenters. The minimum Gasteiger partial charge on any atom is -0.418 e. The van der Waals surface area contributed by atoms with E-state index in [0.717, 1.165) is 23.3 Å². The fourth-order valence-corrected chi connectivity index (χ4v) is 3.86. The Bertz CT molecular complexity index is 1260. The summed E-state index contributed by atoms with van der Waals surface area (Å²) in [6, 6.07) is 20.7. The zero-order chi connectivity index (χ0) is 23.5. The van der Waals surface area contributed by atoms with Crippen molar-refractivity contribution < 1.29 is 27.8 Å². The third kappa shape index (κ3) is 4.33. The average molecular weight is 462 g/mol. The van der Waals surface area contributed by atoms with Gasteiger partial charge in [-0.2, -0.15) is 0 Å². The molecular weight excluding hydrogens is 442 g/mol. The molecule has 0 bridgehead atoms. The van der Waals surface area contributed by atoms with E-state index in [1.165, 1.54) is 6.07 Å². The highest BCUT2D eigenvalue weighted by Gasteiger charge is 2.47. The molecule has 2 heterocycles. The Morgan fingerprint density at radius 3 is 2.38 bits per heavy atom. The van der Waals surface area contributed by atoms with E-state index in [2.05, 4.69) is 4.98 Å². The van der Waals surface area contributed by atoms with E-state index < -0.39 is 35.2 Å². The predicted molar refractivity (Wildman–Crippen MR) is 119 cm³/mol. The zero-order valence-corrected chi connectivity index (χ0v) is 17.9. The third-order valence-electron chi connectivity index (χ3n) is 5.57. The smallest absolute Gasteiger partial charge is 0.343 e. The number of ether oxygens (including phenoxy) is 3. The molecule has 5 rings (SSSR count). The van der Waals surface area contributed by atoms with Crippen LogP contribution < -0.4 is 4.74 Å². The lowest BCUT2D eigenvalue weighted by atomic mass is 10.00. The van der Waals surface area contributed by atoms with E-state index in [1.54, 1.807) is 23.3 Å². The fraction of sp³-hybridized carbons (Fsp3) is 0.154. The first kappa shape index (κ1) is 21.9. The van der Waals surface area contributed by atoms with Crippen molar-refractivity contribution in [3.8, 4) is 16.9 Å². The van der Waals surface area contributed by atoms with Crippen LogP contribution in [-0.2, 0) is 26.6 Å². The van der Waals surface area contributed by atoms with Crippen LogP contribution in [0.3, 0.4) is 0 Å². The van der Waals surface area contributed by atoms with Crippen molar-refractivity contribution in [3.63, 3.8) is 0 Å². The second-order valence-corrected chi connectivity index (χ2v) is 7.82. The summed E-state index contributed by atoms with van der Waals surface area (Å²) in [4.78, 5) is 16.7. The van der Waals surface area contributed by atoms with E-state index in [4.69, 9.17) is 14.2 Å². The number of para-hydroxylation sites is 1. The molecule has 0 amide bonds. The Labute approximate surface area is 194 Å². The number of hydrogen-bond acceptors (Lipinski definition) is 5. The van der Waals surface area contributed by atoms with Crippen LogP contribution >= 0.6 is 0 Å². The van der Waals surface area contributed by atoms with E-state index >= 15 is 0 Å². The summed E-state index contributed by atoms with van der Waals surface area (Å²) >= 11 is 0. The van der Waals surface area contributed by atoms with Crippen LogP contribution in [0.5, 0.6) is 5.75 Å². The molecule has 34 heavy (non-hydrogen) atoms. The van der Waals surface area contributed by atoms with Crippen molar-refractivity contribution in [1.29, 1.82) is 0 Å². The van der Waals surface area contributed by atoms with Crippen LogP contribution in [0.25, 0.3) is 11.1 Å². The van der Waals surface area contributed by atoms with E-state index in [1.807, 2.05) is 54.6 Å². The molecule has 0 radical (unpaired) electrons. The minimum atomic E-state index is -1.33. The number of carbonyl (C=O) groups excluding carboxylic acids is 1. The topological polar surface area (TPSA) is 62.6 Å². The van der Waals surface area contributed by atoms with Gasteiger partial charge in [0.25, 0.3) is 0 Å². The second-order valence-electron chi connectivity index (χ2n) is 7.82. The molecule has 0 saturated carbocycles. The molecule has 0 aliphatic carbocycles. The maximum Gasteiger partial charge on any atom is 0.343 e. The quantitative estimate of drug-likeness (QED) is 0.307. The summed E-state index contributed by atoms with van der Waals surface area (Å²) in [6.07, 6.45) is 3.78. The third-order valence-corrected chi connectivity index (χ3v) is 5.57. The normalized spacial score (nSPS) is 19.8. The molecule has 0 N–H and O–H groups in total. The SMILES string of the molecule is O=C(Oc1c(F)cccc1F)[C@@H]1CO[C@](Cn2ccnc2)(c2ccc(-c3ccccc3)cc2)O1. The van der Waals surface area contributed by atoms with E-state index in [-0.39, 0.29) is 13.2 Å². The average Bonchev–Trinajstić information content (AvgIpc) is 3.53. The number of benzene rings is 3. The van der Waals surface area contributed by atoms with Gasteiger partial charge in [-0.1, -0.05) is 60.7 Å². The van der Waals surface area contributed by atoms with Gasteiger partial charge in [0, 0.05) is 18.0 Å². The number of aromatic nitrogens is 2. The molecule has 6 nitrogen and oxygen atoms in total. The van der Waals surface area contributed by atoms with Crippen LogP contribution in [0.15, 0.2) is 91.5 Å². The lowest BCUT2D eigenvalue weighted by molar-refractivity contribution is -0.193. The Morgan fingerprint density at radius 1 is 1.00 bits per heavy atom. The highest BCUT2D eigenvalue weighted by molar-refractivity contribution is 5.78. The number of esters is 1. The number of hydrogen-bond donors (Lipinski definition) is 0. The van der Waals surface area contributed by atoms with Crippen molar-refractivity contribution in [2.45, 2.75) is 18.4 Å². The van der Waals surface area contributed by atoms with Gasteiger partial charge < -0.3 is 18.8 Å². The Hall–Kier alpha value is -3.88. The Balaban J connectivity index is 1.41. The van der Waals surface area contributed by atoms with Crippen molar-refractivity contribution in [2.75, 3.05) is 6.61 Å². The highest BCUT2D eigenvalue weighted by Crippen LogP contribution is 2.37. The molecule has 1 saturated heterocycles. The lowest BCUT2D eigenvalue weighted by Crippen LogP contribution is -2.35. The molecule has 0 unspecified atom stereocenters. The maximum absolute atomic E-state index is 13.9. The first-order valence-corrected chi connectivity index (χ1v) is 10.6. The van der Waals surface area contributed by atoms with Gasteiger partial charge in [0.05, 0.1) is 19.5 Å². The number of rotatable bonds is 6. The van der Waals surface area contributed by atoms with Crippen LogP contribution in [-0.4, -0.2) is 28.2 Å². The molecule has 1 aromatic heterocycles. The number of carbonyl (C=O) groups is 1.